The number of rotatable bonds is 5. The monoisotopic (exact) mass is 284 g/mol. The van der Waals surface area contributed by atoms with E-state index in [9.17, 15) is 28.9 Å². The number of aromatic nitrogens is 2. The van der Waals surface area contributed by atoms with Crippen molar-refractivity contribution in [1.82, 2.24) is 9.55 Å². The van der Waals surface area contributed by atoms with Crippen LogP contribution in [-0.2, 0) is 20.2 Å². The molecule has 1 aromatic rings. The Labute approximate surface area is 96.4 Å². The minimum absolute atomic E-state index is 0.718. The minimum atomic E-state index is -5.80. The average molecular weight is 284 g/mol. The first-order valence-electron chi connectivity index (χ1n) is 4.23. The summed E-state index contributed by atoms with van der Waals surface area (Å²) in [7, 11) is -10.1. The molecule has 0 aliphatic carbocycles. The fourth-order valence-electron chi connectivity index (χ4n) is 1.10. The molecule has 9 nitrogen and oxygen atoms in total. The lowest BCUT2D eigenvalue weighted by Gasteiger charge is -2.46. The Morgan fingerprint density at radius 3 is 2.47 bits per heavy atom. The fourth-order valence-corrected chi connectivity index (χ4v) is 3.56. The first-order valence-corrected chi connectivity index (χ1v) is 7.35. The molecule has 17 heavy (non-hydrogen) atoms. The lowest BCUT2D eigenvalue weighted by atomic mass is 10.6. The Morgan fingerprint density at radius 2 is 2.12 bits per heavy atom. The molecule has 0 fully saturated rings. The van der Waals surface area contributed by atoms with Crippen LogP contribution in [0.15, 0.2) is 18.7 Å². The van der Waals surface area contributed by atoms with E-state index in [-0.39, 0.29) is 0 Å². The Hall–Kier alpha value is -0.530. The number of aliphatic hydroxyl groups is 1. The molecule has 0 amide bonds. The third-order valence-corrected chi connectivity index (χ3v) is 6.15. The molecular formula is C6H10N2O7P2-2. The summed E-state index contributed by atoms with van der Waals surface area (Å²) in [4.78, 5) is 34.7. The molecule has 1 rings (SSSR count). The van der Waals surface area contributed by atoms with Crippen LogP contribution in [0.1, 0.15) is 0 Å². The molecule has 0 aliphatic rings. The van der Waals surface area contributed by atoms with Gasteiger partial charge in [-0.1, -0.05) is 0 Å². The van der Waals surface area contributed by atoms with Crippen LogP contribution in [0.3, 0.4) is 0 Å². The zero-order valence-corrected chi connectivity index (χ0v) is 10.5. The minimum Gasteiger partial charge on any atom is -0.808 e. The first kappa shape index (κ1) is 14.5. The maximum Gasteiger partial charge on any atom is 0.366 e. The van der Waals surface area contributed by atoms with E-state index in [1.54, 1.807) is 0 Å². The highest BCUT2D eigenvalue weighted by Crippen LogP contribution is 2.66. The molecule has 2 N–H and O–H groups in total. The van der Waals surface area contributed by atoms with E-state index in [0.29, 0.717) is 0 Å². The summed E-state index contributed by atoms with van der Waals surface area (Å²) in [6.45, 7) is -0.946. The summed E-state index contributed by atoms with van der Waals surface area (Å²) in [6, 6.07) is 0. The van der Waals surface area contributed by atoms with Crippen LogP contribution in [0.5, 0.6) is 0 Å². The van der Waals surface area contributed by atoms with Gasteiger partial charge in [0.25, 0.3) is 0 Å². The zero-order valence-electron chi connectivity index (χ0n) is 8.66. The van der Waals surface area contributed by atoms with Crippen molar-refractivity contribution in [1.29, 1.82) is 0 Å². The van der Waals surface area contributed by atoms with Crippen LogP contribution < -0.4 is 9.79 Å². The first-order chi connectivity index (χ1) is 7.64. The summed E-state index contributed by atoms with van der Waals surface area (Å²) in [6.07, 6.45) is 3.54. The van der Waals surface area contributed by atoms with Crippen molar-refractivity contribution < 1.29 is 33.4 Å². The maximum atomic E-state index is 11.5. The van der Waals surface area contributed by atoms with Crippen LogP contribution in [-0.4, -0.2) is 31.7 Å². The van der Waals surface area contributed by atoms with Gasteiger partial charge in [0.1, 0.15) is 0 Å². The average Bonchev–Trinajstić information content (AvgIpc) is 2.68. The van der Waals surface area contributed by atoms with Crippen molar-refractivity contribution in [3.63, 3.8) is 0 Å². The lowest BCUT2D eigenvalue weighted by Crippen LogP contribution is -2.42. The normalized spacial score (nSPS) is 19.6. The molecular weight excluding hydrogens is 274 g/mol. The van der Waals surface area contributed by atoms with E-state index in [1.807, 2.05) is 0 Å². The van der Waals surface area contributed by atoms with Crippen molar-refractivity contribution >= 4 is 15.2 Å². The predicted molar refractivity (Wildman–Crippen MR) is 51.6 cm³/mol. The van der Waals surface area contributed by atoms with Gasteiger partial charge in [0, 0.05) is 19.5 Å². The maximum absolute atomic E-state index is 11.5. The second-order valence-corrected chi connectivity index (χ2v) is 7.44. The largest absolute Gasteiger partial charge is 0.808 e. The van der Waals surface area contributed by atoms with E-state index in [0.717, 1.165) is 18.0 Å². The lowest BCUT2D eigenvalue weighted by molar-refractivity contribution is -0.326. The molecule has 0 saturated heterocycles. The van der Waals surface area contributed by atoms with E-state index in [2.05, 4.69) is 9.51 Å². The van der Waals surface area contributed by atoms with Crippen molar-refractivity contribution in [2.75, 3.05) is 7.11 Å². The second kappa shape index (κ2) is 4.62. The van der Waals surface area contributed by atoms with E-state index >= 15 is 0 Å². The van der Waals surface area contributed by atoms with E-state index < -0.39 is 26.8 Å². The number of hydrogen-bond acceptors (Lipinski definition) is 7. The molecule has 1 aromatic heterocycles. The number of hydrogen-bond donors (Lipinski definition) is 2. The summed E-state index contributed by atoms with van der Waals surface area (Å²) < 4.78 is 27.4. The smallest absolute Gasteiger partial charge is 0.366 e. The SMILES string of the molecule is COP(=O)(O)C(O)(Cn1ccnc1)P(=O)([O-])[O-]. The van der Waals surface area contributed by atoms with Gasteiger partial charge in [0.2, 0.25) is 5.08 Å². The molecule has 1 heterocycles. The fraction of sp³-hybridized carbons (Fsp3) is 0.500. The highest BCUT2D eigenvalue weighted by Gasteiger charge is 2.50. The van der Waals surface area contributed by atoms with Crippen molar-refractivity contribution in [3.05, 3.63) is 18.7 Å². The highest BCUT2D eigenvalue weighted by molar-refractivity contribution is 7.71. The highest BCUT2D eigenvalue weighted by atomic mass is 31.2. The number of imidazole rings is 1. The second-order valence-electron chi connectivity index (χ2n) is 3.21. The molecule has 2 unspecified atom stereocenters. The standard InChI is InChI=1S/C6H12N2O7P2/c1-15-17(13,14)6(9,16(10,11)12)4-8-3-2-7-5-8/h2-3,5,9H,4H2,1H3,(H,13,14)(H2,10,11,12)/p-2. The molecule has 0 radical (unpaired) electrons. The summed E-state index contributed by atoms with van der Waals surface area (Å²) in [5, 5.41) is 6.24. The van der Waals surface area contributed by atoms with E-state index in [4.69, 9.17) is 0 Å². The van der Waals surface area contributed by atoms with Crippen LogP contribution in [0.2, 0.25) is 0 Å². The van der Waals surface area contributed by atoms with E-state index in [1.165, 1.54) is 12.4 Å². The third kappa shape index (κ3) is 2.66. The van der Waals surface area contributed by atoms with Crippen LogP contribution in [0.4, 0.5) is 0 Å². The van der Waals surface area contributed by atoms with Gasteiger partial charge < -0.3 is 33.4 Å². The van der Waals surface area contributed by atoms with Crippen molar-refractivity contribution in [2.45, 2.75) is 11.6 Å². The Kier molecular flexibility index (Phi) is 3.95. The van der Waals surface area contributed by atoms with Gasteiger partial charge in [0.05, 0.1) is 12.9 Å². The van der Waals surface area contributed by atoms with Crippen LogP contribution in [0.25, 0.3) is 0 Å². The molecule has 0 aromatic carbocycles. The molecule has 11 heteroatoms. The van der Waals surface area contributed by atoms with Gasteiger partial charge >= 0.3 is 7.60 Å². The molecule has 0 spiro atoms. The Morgan fingerprint density at radius 1 is 1.53 bits per heavy atom. The zero-order chi connectivity index (χ0) is 13.3. The Bertz CT molecular complexity index is 469. The molecule has 2 atom stereocenters. The van der Waals surface area contributed by atoms with Gasteiger partial charge in [-0.25, -0.2) is 4.98 Å². The summed E-state index contributed by atoms with van der Waals surface area (Å²) in [5.74, 6) is 0. The van der Waals surface area contributed by atoms with Gasteiger partial charge in [-0.2, -0.15) is 0 Å². The van der Waals surface area contributed by atoms with Gasteiger partial charge in [-0.3, -0.25) is 4.57 Å². The van der Waals surface area contributed by atoms with Crippen LogP contribution in [0, 0.1) is 0 Å². The van der Waals surface area contributed by atoms with Gasteiger partial charge in [-0.05, 0) is 7.60 Å². The van der Waals surface area contributed by atoms with Gasteiger partial charge in [0.15, 0.2) is 0 Å². The third-order valence-electron chi connectivity index (χ3n) is 2.09. The van der Waals surface area contributed by atoms with Crippen molar-refractivity contribution in [2.24, 2.45) is 0 Å². The topological polar surface area (TPSA) is 148 Å². The molecule has 0 aliphatic heterocycles. The van der Waals surface area contributed by atoms with Crippen molar-refractivity contribution in [3.8, 4) is 0 Å². The number of nitrogens with zero attached hydrogens (tertiary/aromatic N) is 2. The molecule has 0 saturated carbocycles. The van der Waals surface area contributed by atoms with Crippen LogP contribution >= 0.6 is 15.2 Å². The predicted octanol–water partition coefficient (Wildman–Crippen LogP) is -1.73. The molecule has 0 bridgehead atoms. The summed E-state index contributed by atoms with van der Waals surface area (Å²) >= 11 is 0. The summed E-state index contributed by atoms with van der Waals surface area (Å²) in [5.41, 5.74) is 0. The quantitative estimate of drug-likeness (QED) is 0.606. The Balaban J connectivity index is 3.22. The molecule has 98 valence electrons. The van der Waals surface area contributed by atoms with Gasteiger partial charge in [-0.15, -0.1) is 0 Å².